The highest BCUT2D eigenvalue weighted by Crippen LogP contribution is 2.26. The summed E-state index contributed by atoms with van der Waals surface area (Å²) in [6.45, 7) is 0. The fourth-order valence-corrected chi connectivity index (χ4v) is 1.86. The lowest BCUT2D eigenvalue weighted by molar-refractivity contribution is -0.136. The Labute approximate surface area is 128 Å². The van der Waals surface area contributed by atoms with Gasteiger partial charge in [0.1, 0.15) is 5.75 Å². The number of aliphatic carboxylic acids is 1. The summed E-state index contributed by atoms with van der Waals surface area (Å²) < 4.78 is 39.5. The van der Waals surface area contributed by atoms with Crippen molar-refractivity contribution in [2.45, 2.75) is 6.42 Å². The number of phenols is 1. The van der Waals surface area contributed by atoms with Crippen LogP contribution in [0.4, 0.5) is 18.9 Å². The second-order valence-electron chi connectivity index (χ2n) is 4.60. The van der Waals surface area contributed by atoms with Gasteiger partial charge in [-0.2, -0.15) is 0 Å². The predicted octanol–water partition coefficient (Wildman–Crippen LogP) is 2.69. The number of anilines is 1. The van der Waals surface area contributed by atoms with Crippen molar-refractivity contribution in [1.29, 1.82) is 0 Å². The molecular formula is C15H10F3NO4. The lowest BCUT2D eigenvalue weighted by Gasteiger charge is -2.10. The molecule has 23 heavy (non-hydrogen) atoms. The first kappa shape index (κ1) is 16.3. The minimum atomic E-state index is -1.79. The molecular weight excluding hydrogens is 315 g/mol. The van der Waals surface area contributed by atoms with Crippen molar-refractivity contribution < 1.29 is 33.0 Å². The smallest absolute Gasteiger partial charge is 0.307 e. The van der Waals surface area contributed by atoms with E-state index in [9.17, 15) is 27.9 Å². The number of carbonyl (C=O) groups is 2. The second kappa shape index (κ2) is 6.39. The summed E-state index contributed by atoms with van der Waals surface area (Å²) in [6, 6.07) is 5.00. The van der Waals surface area contributed by atoms with Gasteiger partial charge < -0.3 is 15.5 Å². The van der Waals surface area contributed by atoms with Crippen molar-refractivity contribution in [1.82, 2.24) is 0 Å². The van der Waals surface area contributed by atoms with E-state index in [2.05, 4.69) is 5.32 Å². The molecule has 8 heteroatoms. The summed E-state index contributed by atoms with van der Waals surface area (Å²) in [6.07, 6.45) is -0.358. The zero-order chi connectivity index (χ0) is 17.1. The number of rotatable bonds is 4. The van der Waals surface area contributed by atoms with E-state index in [0.29, 0.717) is 6.07 Å². The quantitative estimate of drug-likeness (QED) is 0.596. The summed E-state index contributed by atoms with van der Waals surface area (Å²) in [4.78, 5) is 22.6. The average molecular weight is 325 g/mol. The molecule has 0 aliphatic rings. The van der Waals surface area contributed by atoms with E-state index in [-0.39, 0.29) is 17.7 Å². The van der Waals surface area contributed by atoms with Crippen LogP contribution < -0.4 is 5.32 Å². The first-order valence-corrected chi connectivity index (χ1v) is 6.28. The number of hydrogen-bond donors (Lipinski definition) is 3. The molecule has 0 spiro atoms. The van der Waals surface area contributed by atoms with Crippen LogP contribution in [0.25, 0.3) is 0 Å². The van der Waals surface area contributed by atoms with E-state index in [4.69, 9.17) is 5.11 Å². The Hall–Kier alpha value is -3.03. The van der Waals surface area contributed by atoms with Gasteiger partial charge in [-0.15, -0.1) is 0 Å². The van der Waals surface area contributed by atoms with Crippen molar-refractivity contribution in [3.8, 4) is 5.75 Å². The zero-order valence-electron chi connectivity index (χ0n) is 11.4. The number of amides is 1. The maximum absolute atomic E-state index is 13.6. The number of phenolic OH excluding ortho intramolecular Hbond substituents is 1. The Kier molecular flexibility index (Phi) is 4.54. The lowest BCUT2D eigenvalue weighted by Crippen LogP contribution is -2.15. The molecule has 0 saturated heterocycles. The van der Waals surface area contributed by atoms with Gasteiger partial charge in [0, 0.05) is 0 Å². The first-order chi connectivity index (χ1) is 10.8. The minimum absolute atomic E-state index is 0.183. The topological polar surface area (TPSA) is 86.6 Å². The molecule has 2 rings (SSSR count). The summed E-state index contributed by atoms with van der Waals surface area (Å²) in [5.41, 5.74) is -0.666. The van der Waals surface area contributed by atoms with E-state index in [1.807, 2.05) is 0 Å². The molecule has 2 aromatic rings. The Morgan fingerprint density at radius 1 is 1.04 bits per heavy atom. The monoisotopic (exact) mass is 325 g/mol. The number of halogens is 3. The van der Waals surface area contributed by atoms with Gasteiger partial charge in [0.2, 0.25) is 0 Å². The standard InChI is InChI=1S/C15H10F3NO4/c16-9-3-2-8(13(17)14(9)18)15(23)19-10-5-7(6-12(21)22)1-4-11(10)20/h1-5,20H,6H2,(H,19,23)(H,21,22). The highest BCUT2D eigenvalue weighted by molar-refractivity contribution is 6.05. The molecule has 0 radical (unpaired) electrons. The number of carbonyl (C=O) groups excluding carboxylic acids is 1. The number of carboxylic acids is 1. The van der Waals surface area contributed by atoms with Crippen molar-refractivity contribution in [2.24, 2.45) is 0 Å². The molecule has 0 bridgehead atoms. The van der Waals surface area contributed by atoms with Gasteiger partial charge in [-0.3, -0.25) is 9.59 Å². The molecule has 0 aliphatic carbocycles. The van der Waals surface area contributed by atoms with E-state index < -0.39 is 40.6 Å². The van der Waals surface area contributed by atoms with Crippen LogP contribution in [0.2, 0.25) is 0 Å². The maximum Gasteiger partial charge on any atom is 0.307 e. The van der Waals surface area contributed by atoms with Crippen LogP contribution in [0, 0.1) is 17.5 Å². The van der Waals surface area contributed by atoms with Crippen LogP contribution in [0.5, 0.6) is 5.75 Å². The van der Waals surface area contributed by atoms with Gasteiger partial charge in [0.05, 0.1) is 17.7 Å². The van der Waals surface area contributed by atoms with Crippen LogP contribution >= 0.6 is 0 Å². The van der Waals surface area contributed by atoms with E-state index in [1.165, 1.54) is 12.1 Å². The summed E-state index contributed by atoms with van der Waals surface area (Å²) >= 11 is 0. The Bertz CT molecular complexity index is 793. The molecule has 120 valence electrons. The fraction of sp³-hybridized carbons (Fsp3) is 0.0667. The van der Waals surface area contributed by atoms with Crippen molar-refractivity contribution in [3.63, 3.8) is 0 Å². The number of hydrogen-bond acceptors (Lipinski definition) is 3. The Balaban J connectivity index is 2.30. The van der Waals surface area contributed by atoms with Gasteiger partial charge in [0.25, 0.3) is 5.91 Å². The van der Waals surface area contributed by atoms with Gasteiger partial charge in [-0.25, -0.2) is 13.2 Å². The maximum atomic E-state index is 13.6. The Morgan fingerprint density at radius 3 is 2.39 bits per heavy atom. The van der Waals surface area contributed by atoms with Crippen molar-refractivity contribution in [2.75, 3.05) is 5.32 Å². The molecule has 0 atom stereocenters. The highest BCUT2D eigenvalue weighted by Gasteiger charge is 2.19. The molecule has 0 fully saturated rings. The third kappa shape index (κ3) is 3.60. The third-order valence-corrected chi connectivity index (χ3v) is 2.94. The molecule has 3 N–H and O–H groups in total. The molecule has 2 aromatic carbocycles. The summed E-state index contributed by atoms with van der Waals surface area (Å²) in [5, 5.41) is 20.5. The largest absolute Gasteiger partial charge is 0.506 e. The second-order valence-corrected chi connectivity index (χ2v) is 4.60. The van der Waals surface area contributed by atoms with Crippen LogP contribution in [-0.4, -0.2) is 22.1 Å². The average Bonchev–Trinajstić information content (AvgIpc) is 2.47. The zero-order valence-corrected chi connectivity index (χ0v) is 11.4. The molecule has 1 amide bonds. The number of aromatic hydroxyl groups is 1. The molecule has 0 aromatic heterocycles. The van der Waals surface area contributed by atoms with Gasteiger partial charge in [0.15, 0.2) is 17.5 Å². The van der Waals surface area contributed by atoms with E-state index in [1.54, 1.807) is 0 Å². The molecule has 0 unspecified atom stereocenters. The van der Waals surface area contributed by atoms with E-state index >= 15 is 0 Å². The fourth-order valence-electron chi connectivity index (χ4n) is 1.86. The molecule has 0 saturated carbocycles. The van der Waals surface area contributed by atoms with Crippen LogP contribution in [0.15, 0.2) is 30.3 Å². The predicted molar refractivity (Wildman–Crippen MR) is 73.7 cm³/mol. The van der Waals surface area contributed by atoms with E-state index in [0.717, 1.165) is 12.1 Å². The lowest BCUT2D eigenvalue weighted by atomic mass is 10.1. The number of benzene rings is 2. The number of nitrogens with one attached hydrogen (secondary N) is 1. The van der Waals surface area contributed by atoms with Crippen LogP contribution in [0.3, 0.4) is 0 Å². The normalized spacial score (nSPS) is 10.4. The third-order valence-electron chi connectivity index (χ3n) is 2.94. The summed E-state index contributed by atoms with van der Waals surface area (Å²) in [5.74, 6) is -7.53. The Morgan fingerprint density at radius 2 is 1.74 bits per heavy atom. The molecule has 0 aliphatic heterocycles. The first-order valence-electron chi connectivity index (χ1n) is 6.28. The van der Waals surface area contributed by atoms with Crippen LogP contribution in [-0.2, 0) is 11.2 Å². The van der Waals surface area contributed by atoms with Crippen molar-refractivity contribution >= 4 is 17.6 Å². The van der Waals surface area contributed by atoms with Crippen molar-refractivity contribution in [3.05, 3.63) is 58.9 Å². The van der Waals surface area contributed by atoms with Crippen LogP contribution in [0.1, 0.15) is 15.9 Å². The summed E-state index contributed by atoms with van der Waals surface area (Å²) in [7, 11) is 0. The highest BCUT2D eigenvalue weighted by atomic mass is 19.2. The van der Waals surface area contributed by atoms with Gasteiger partial charge in [-0.05, 0) is 29.8 Å². The SMILES string of the molecule is O=C(O)Cc1ccc(O)c(NC(=O)c2ccc(F)c(F)c2F)c1. The number of carboxylic acid groups (broad SMARTS) is 1. The molecule has 5 nitrogen and oxygen atoms in total. The van der Waals surface area contributed by atoms with Gasteiger partial charge >= 0.3 is 5.97 Å². The minimum Gasteiger partial charge on any atom is -0.506 e. The van der Waals surface area contributed by atoms with Gasteiger partial charge in [-0.1, -0.05) is 6.07 Å². The molecule has 0 heterocycles.